The van der Waals surface area contributed by atoms with Gasteiger partial charge in [-0.1, -0.05) is 66.7 Å². The number of nitrogens with one attached hydrogen (secondary N) is 1. The number of carbonyl (C=O) groups is 1. The third-order valence-electron chi connectivity index (χ3n) is 6.49. The number of nitrogens with zero attached hydrogens (tertiary/aromatic N) is 2. The zero-order valence-electron chi connectivity index (χ0n) is 18.7. The topological polar surface area (TPSA) is 86.0 Å². The maximum atomic E-state index is 11.6. The van der Waals surface area contributed by atoms with Crippen LogP contribution in [0.3, 0.4) is 0 Å². The average molecular weight is 466 g/mol. The summed E-state index contributed by atoms with van der Waals surface area (Å²) in [6.07, 6.45) is 1.37. The van der Waals surface area contributed by atoms with Gasteiger partial charge in [-0.25, -0.2) is 0 Å². The molecule has 168 valence electrons. The van der Waals surface area contributed by atoms with Crippen LogP contribution in [0.1, 0.15) is 35.2 Å². The number of hydrogen-bond donors (Lipinski definition) is 2. The molecule has 0 aliphatic heterocycles. The molecule has 0 bridgehead atoms. The number of aliphatic carboxylic acids is 1. The fourth-order valence-corrected chi connectivity index (χ4v) is 5.20. The number of rotatable bonds is 7. The monoisotopic (exact) mass is 465 g/mol. The van der Waals surface area contributed by atoms with Gasteiger partial charge in [0.25, 0.3) is 0 Å². The van der Waals surface area contributed by atoms with E-state index >= 15 is 0 Å². The third kappa shape index (κ3) is 3.95. The molecule has 0 unspecified atom stereocenters. The molecule has 5 rings (SSSR count). The molecule has 6 heteroatoms. The first-order valence-corrected chi connectivity index (χ1v) is 11.9. The summed E-state index contributed by atoms with van der Waals surface area (Å²) < 4.78 is 4.54. The Hall–Kier alpha value is -3.95. The number of carboxylic acid groups (broad SMARTS) is 1. The Morgan fingerprint density at radius 3 is 2.44 bits per heavy atom. The van der Waals surface area contributed by atoms with Gasteiger partial charge < -0.3 is 10.4 Å². The molecule has 1 heterocycles. The predicted octanol–water partition coefficient (Wildman–Crippen LogP) is 6.39. The van der Waals surface area contributed by atoms with Crippen LogP contribution in [-0.2, 0) is 16.8 Å². The lowest BCUT2D eigenvalue weighted by molar-refractivity contribution is -0.140. The van der Waals surface area contributed by atoms with Crippen molar-refractivity contribution in [3.63, 3.8) is 0 Å². The first-order chi connectivity index (χ1) is 16.5. The zero-order chi connectivity index (χ0) is 23.7. The Balaban J connectivity index is 1.43. The van der Waals surface area contributed by atoms with Gasteiger partial charge in [0.15, 0.2) is 0 Å². The molecule has 4 aromatic rings. The minimum Gasteiger partial charge on any atom is -0.481 e. The van der Waals surface area contributed by atoms with Crippen LogP contribution in [0.15, 0.2) is 72.8 Å². The molecule has 0 atom stereocenters. The summed E-state index contributed by atoms with van der Waals surface area (Å²) in [7, 11) is 0. The van der Waals surface area contributed by atoms with Gasteiger partial charge in [0, 0.05) is 12.1 Å². The quantitative estimate of drug-likeness (QED) is 0.330. The summed E-state index contributed by atoms with van der Waals surface area (Å²) in [4.78, 5) is 12.6. The van der Waals surface area contributed by atoms with Crippen molar-refractivity contribution in [2.45, 2.75) is 31.7 Å². The van der Waals surface area contributed by atoms with Gasteiger partial charge >= 0.3 is 5.97 Å². The number of nitriles is 1. The van der Waals surface area contributed by atoms with Gasteiger partial charge in [-0.3, -0.25) is 4.79 Å². The molecule has 1 saturated carbocycles. The third-order valence-corrected chi connectivity index (χ3v) is 7.46. The Morgan fingerprint density at radius 1 is 1.09 bits per heavy atom. The number of aryl methyl sites for hydroxylation is 1. The number of hydrogen-bond acceptors (Lipinski definition) is 5. The maximum absolute atomic E-state index is 11.6. The summed E-state index contributed by atoms with van der Waals surface area (Å²) >= 11 is 1.39. The molecule has 34 heavy (non-hydrogen) atoms. The van der Waals surface area contributed by atoms with E-state index in [2.05, 4.69) is 27.9 Å². The highest BCUT2D eigenvalue weighted by atomic mass is 32.1. The highest BCUT2D eigenvalue weighted by molar-refractivity contribution is 7.10. The van der Waals surface area contributed by atoms with E-state index in [0.29, 0.717) is 24.9 Å². The van der Waals surface area contributed by atoms with Gasteiger partial charge in [0.05, 0.1) is 33.3 Å². The van der Waals surface area contributed by atoms with E-state index < -0.39 is 11.4 Å². The van der Waals surface area contributed by atoms with Crippen LogP contribution in [0.2, 0.25) is 0 Å². The lowest BCUT2D eigenvalue weighted by atomic mass is 9.93. The van der Waals surface area contributed by atoms with Crippen LogP contribution in [0, 0.1) is 18.3 Å². The highest BCUT2D eigenvalue weighted by Crippen LogP contribution is 2.48. The smallest absolute Gasteiger partial charge is 0.314 e. The molecule has 5 nitrogen and oxygen atoms in total. The Morgan fingerprint density at radius 2 is 1.79 bits per heavy atom. The molecule has 1 fully saturated rings. The normalized spacial score (nSPS) is 13.8. The van der Waals surface area contributed by atoms with Crippen molar-refractivity contribution >= 4 is 23.2 Å². The Bertz CT molecular complexity index is 1400. The average Bonchev–Trinajstić information content (AvgIpc) is 3.61. The molecule has 0 radical (unpaired) electrons. The highest BCUT2D eigenvalue weighted by Gasteiger charge is 2.51. The van der Waals surface area contributed by atoms with E-state index in [1.54, 1.807) is 0 Å². The van der Waals surface area contributed by atoms with Crippen LogP contribution < -0.4 is 5.32 Å². The summed E-state index contributed by atoms with van der Waals surface area (Å²) in [5, 5.41) is 23.0. The number of aromatic nitrogens is 1. The molecular weight excluding hydrogens is 442 g/mol. The van der Waals surface area contributed by atoms with Gasteiger partial charge in [0.1, 0.15) is 0 Å². The standard InChI is InChI=1S/C28H23N3O2S/c1-18-25(30-17-19-5-3-2-4-6-19)26(34-31-18)24-12-9-21(15-22(24)16-29)20-7-10-23(11-8-20)28(13-14-28)27(32)33/h2-12,15,30H,13-14,17H2,1H3,(H,32,33). The van der Waals surface area contributed by atoms with Crippen molar-refractivity contribution in [3.8, 4) is 27.6 Å². The summed E-state index contributed by atoms with van der Waals surface area (Å²) in [6, 6.07) is 26.1. The van der Waals surface area contributed by atoms with Gasteiger partial charge in [-0.2, -0.15) is 9.64 Å². The minimum atomic E-state index is -0.757. The van der Waals surface area contributed by atoms with Crippen LogP contribution in [0.25, 0.3) is 21.6 Å². The van der Waals surface area contributed by atoms with Crippen molar-refractivity contribution in [3.05, 3.63) is 95.2 Å². The second-order valence-corrected chi connectivity index (χ2v) is 9.42. The first kappa shape index (κ1) is 21.9. The summed E-state index contributed by atoms with van der Waals surface area (Å²) in [5.74, 6) is -0.757. The molecule has 1 aliphatic carbocycles. The molecule has 1 aliphatic rings. The van der Waals surface area contributed by atoms with Crippen molar-refractivity contribution in [2.24, 2.45) is 0 Å². The van der Waals surface area contributed by atoms with Crippen LogP contribution in [0.5, 0.6) is 0 Å². The van der Waals surface area contributed by atoms with Gasteiger partial charge in [-0.05, 0) is 59.6 Å². The van der Waals surface area contributed by atoms with Gasteiger partial charge in [0.2, 0.25) is 0 Å². The molecule has 0 saturated heterocycles. The van der Waals surface area contributed by atoms with Crippen LogP contribution in [0.4, 0.5) is 5.69 Å². The SMILES string of the molecule is Cc1nsc(-c2ccc(-c3ccc(C4(C(=O)O)CC4)cc3)cc2C#N)c1NCc1ccccc1. The molecule has 3 aromatic carbocycles. The first-order valence-electron chi connectivity index (χ1n) is 11.1. The van der Waals surface area contributed by atoms with Gasteiger partial charge in [-0.15, -0.1) is 0 Å². The van der Waals surface area contributed by atoms with E-state index in [0.717, 1.165) is 38.5 Å². The van der Waals surface area contributed by atoms with E-state index in [1.165, 1.54) is 17.1 Å². The molecule has 1 aromatic heterocycles. The second-order valence-electron chi connectivity index (χ2n) is 8.65. The van der Waals surface area contributed by atoms with Crippen LogP contribution >= 0.6 is 11.5 Å². The number of anilines is 1. The fraction of sp³-hybridized carbons (Fsp3) is 0.179. The molecule has 0 spiro atoms. The Labute approximate surface area is 202 Å². The lowest BCUT2D eigenvalue weighted by Crippen LogP contribution is -2.19. The fourth-order valence-electron chi connectivity index (χ4n) is 4.30. The number of benzene rings is 3. The maximum Gasteiger partial charge on any atom is 0.314 e. The van der Waals surface area contributed by atoms with E-state index in [4.69, 9.17) is 0 Å². The van der Waals surface area contributed by atoms with Crippen molar-refractivity contribution in [2.75, 3.05) is 5.32 Å². The predicted molar refractivity (Wildman–Crippen MR) is 135 cm³/mol. The van der Waals surface area contributed by atoms with Crippen molar-refractivity contribution in [1.29, 1.82) is 5.26 Å². The second kappa shape index (κ2) is 8.77. The minimum absolute atomic E-state index is 0.581. The van der Waals surface area contributed by atoms with E-state index in [1.807, 2.05) is 67.6 Å². The van der Waals surface area contributed by atoms with Crippen molar-refractivity contribution < 1.29 is 9.90 Å². The summed E-state index contributed by atoms with van der Waals surface area (Å²) in [5.41, 5.74) is 6.47. The van der Waals surface area contributed by atoms with E-state index in [-0.39, 0.29) is 0 Å². The Kier molecular flexibility index (Phi) is 5.64. The molecule has 2 N–H and O–H groups in total. The molecular formula is C28H23N3O2S. The lowest BCUT2D eigenvalue weighted by Gasteiger charge is -2.12. The van der Waals surface area contributed by atoms with Crippen molar-refractivity contribution in [1.82, 2.24) is 4.37 Å². The van der Waals surface area contributed by atoms with E-state index in [9.17, 15) is 15.2 Å². The largest absolute Gasteiger partial charge is 0.481 e. The molecule has 0 amide bonds. The summed E-state index contributed by atoms with van der Waals surface area (Å²) in [6.45, 7) is 2.65. The zero-order valence-corrected chi connectivity index (χ0v) is 19.5. The number of carboxylic acids is 1. The van der Waals surface area contributed by atoms with Crippen LogP contribution in [-0.4, -0.2) is 15.4 Å².